The normalized spacial score (nSPS) is 10.3. The average Bonchev–Trinajstić information content (AvgIpc) is 2.51. The van der Waals surface area contributed by atoms with Crippen molar-refractivity contribution in [2.45, 2.75) is 6.92 Å². The number of aromatic nitrogens is 4. The van der Waals surface area contributed by atoms with Gasteiger partial charge in [-0.1, -0.05) is 0 Å². The SMILES string of the molecule is Cc1cncc(-c2ccnn2C)n1. The summed E-state index contributed by atoms with van der Waals surface area (Å²) in [5.74, 6) is 0. The summed E-state index contributed by atoms with van der Waals surface area (Å²) in [5, 5.41) is 4.07. The minimum absolute atomic E-state index is 0.861. The molecule has 0 saturated carbocycles. The predicted molar refractivity (Wildman–Crippen MR) is 49.0 cm³/mol. The van der Waals surface area contributed by atoms with Crippen molar-refractivity contribution < 1.29 is 0 Å². The van der Waals surface area contributed by atoms with E-state index in [0.29, 0.717) is 0 Å². The topological polar surface area (TPSA) is 43.6 Å². The van der Waals surface area contributed by atoms with Crippen LogP contribution >= 0.6 is 0 Å². The van der Waals surface area contributed by atoms with E-state index in [1.165, 1.54) is 0 Å². The third-order valence-electron chi connectivity index (χ3n) is 1.84. The summed E-state index contributed by atoms with van der Waals surface area (Å²) in [6.07, 6.45) is 5.23. The van der Waals surface area contributed by atoms with E-state index in [1.807, 2.05) is 20.0 Å². The lowest BCUT2D eigenvalue weighted by atomic mass is 10.3. The van der Waals surface area contributed by atoms with E-state index < -0.39 is 0 Å². The van der Waals surface area contributed by atoms with Crippen molar-refractivity contribution in [3.8, 4) is 11.4 Å². The summed E-state index contributed by atoms with van der Waals surface area (Å²) >= 11 is 0. The van der Waals surface area contributed by atoms with Crippen LogP contribution in [0.15, 0.2) is 24.7 Å². The Morgan fingerprint density at radius 3 is 2.77 bits per heavy atom. The molecule has 0 atom stereocenters. The van der Waals surface area contributed by atoms with Gasteiger partial charge in [-0.25, -0.2) is 4.98 Å². The summed E-state index contributed by atoms with van der Waals surface area (Å²) in [6.45, 7) is 1.92. The molecule has 2 rings (SSSR count). The van der Waals surface area contributed by atoms with Crippen molar-refractivity contribution in [1.82, 2.24) is 19.7 Å². The number of rotatable bonds is 1. The van der Waals surface area contributed by atoms with E-state index in [4.69, 9.17) is 0 Å². The van der Waals surface area contributed by atoms with Crippen LogP contribution in [-0.2, 0) is 7.05 Å². The number of nitrogens with zero attached hydrogens (tertiary/aromatic N) is 4. The fraction of sp³-hybridized carbons (Fsp3) is 0.222. The second-order valence-electron chi connectivity index (χ2n) is 2.89. The highest BCUT2D eigenvalue weighted by atomic mass is 15.3. The smallest absolute Gasteiger partial charge is 0.107 e. The Hall–Kier alpha value is -1.71. The van der Waals surface area contributed by atoms with Crippen LogP contribution in [0.3, 0.4) is 0 Å². The molecule has 2 heterocycles. The molecule has 0 aliphatic heterocycles. The fourth-order valence-corrected chi connectivity index (χ4v) is 1.21. The summed E-state index contributed by atoms with van der Waals surface area (Å²) < 4.78 is 1.78. The fourth-order valence-electron chi connectivity index (χ4n) is 1.21. The van der Waals surface area contributed by atoms with Gasteiger partial charge in [-0.05, 0) is 13.0 Å². The van der Waals surface area contributed by atoms with Gasteiger partial charge in [-0.3, -0.25) is 9.67 Å². The molecule has 13 heavy (non-hydrogen) atoms. The Morgan fingerprint density at radius 1 is 1.31 bits per heavy atom. The average molecular weight is 174 g/mol. The van der Waals surface area contributed by atoms with E-state index in [9.17, 15) is 0 Å². The zero-order valence-corrected chi connectivity index (χ0v) is 7.60. The monoisotopic (exact) mass is 174 g/mol. The molecule has 0 radical (unpaired) electrons. The van der Waals surface area contributed by atoms with E-state index in [-0.39, 0.29) is 0 Å². The van der Waals surface area contributed by atoms with E-state index in [1.54, 1.807) is 23.3 Å². The quantitative estimate of drug-likeness (QED) is 0.652. The lowest BCUT2D eigenvalue weighted by Crippen LogP contribution is -1.96. The molecule has 0 N–H and O–H groups in total. The van der Waals surface area contributed by atoms with Crippen molar-refractivity contribution in [3.05, 3.63) is 30.4 Å². The third-order valence-corrected chi connectivity index (χ3v) is 1.84. The number of hydrogen-bond acceptors (Lipinski definition) is 3. The summed E-state index contributed by atoms with van der Waals surface area (Å²) in [5.41, 5.74) is 2.76. The Labute approximate surface area is 76.3 Å². The van der Waals surface area contributed by atoms with Gasteiger partial charge in [0.2, 0.25) is 0 Å². The molecule has 4 heteroatoms. The van der Waals surface area contributed by atoms with E-state index in [2.05, 4.69) is 15.1 Å². The molecule has 0 bridgehead atoms. The first-order chi connectivity index (χ1) is 6.27. The van der Waals surface area contributed by atoms with Crippen LogP contribution in [0.2, 0.25) is 0 Å². The first kappa shape index (κ1) is 7.91. The standard InChI is InChI=1S/C9H10N4/c1-7-5-10-6-8(12-7)9-3-4-11-13(9)2/h3-6H,1-2H3. The van der Waals surface area contributed by atoms with Crippen LogP contribution in [-0.4, -0.2) is 19.7 Å². The molecular formula is C9H10N4. The number of hydrogen-bond donors (Lipinski definition) is 0. The molecule has 0 aliphatic carbocycles. The summed E-state index contributed by atoms with van der Waals surface area (Å²) in [7, 11) is 1.89. The second-order valence-corrected chi connectivity index (χ2v) is 2.89. The van der Waals surface area contributed by atoms with Crippen LogP contribution in [0.4, 0.5) is 0 Å². The summed E-state index contributed by atoms with van der Waals surface area (Å²) in [4.78, 5) is 8.43. The van der Waals surface area contributed by atoms with Gasteiger partial charge in [0.05, 0.1) is 17.6 Å². The first-order valence-electron chi connectivity index (χ1n) is 4.04. The lowest BCUT2D eigenvalue weighted by Gasteiger charge is -2.00. The molecule has 0 unspecified atom stereocenters. The molecule has 0 aromatic carbocycles. The Kier molecular flexibility index (Phi) is 1.81. The van der Waals surface area contributed by atoms with E-state index in [0.717, 1.165) is 17.1 Å². The van der Waals surface area contributed by atoms with Crippen molar-refractivity contribution in [1.29, 1.82) is 0 Å². The third kappa shape index (κ3) is 1.42. The molecule has 2 aromatic rings. The predicted octanol–water partition coefficient (Wildman–Crippen LogP) is 1.19. The van der Waals surface area contributed by atoms with Crippen molar-refractivity contribution in [2.24, 2.45) is 7.05 Å². The second kappa shape index (κ2) is 2.97. The Balaban J connectivity index is 2.53. The van der Waals surface area contributed by atoms with Gasteiger partial charge in [-0.15, -0.1) is 0 Å². The minimum atomic E-state index is 0.861. The Morgan fingerprint density at radius 2 is 2.15 bits per heavy atom. The minimum Gasteiger partial charge on any atom is -0.266 e. The zero-order valence-electron chi connectivity index (χ0n) is 7.60. The van der Waals surface area contributed by atoms with Gasteiger partial charge in [0.15, 0.2) is 0 Å². The van der Waals surface area contributed by atoms with Gasteiger partial charge >= 0.3 is 0 Å². The highest BCUT2D eigenvalue weighted by molar-refractivity contribution is 5.52. The molecule has 4 nitrogen and oxygen atoms in total. The van der Waals surface area contributed by atoms with Crippen molar-refractivity contribution in [3.63, 3.8) is 0 Å². The maximum absolute atomic E-state index is 4.35. The maximum atomic E-state index is 4.35. The van der Waals surface area contributed by atoms with Gasteiger partial charge in [0.1, 0.15) is 5.69 Å². The molecule has 0 spiro atoms. The van der Waals surface area contributed by atoms with E-state index >= 15 is 0 Å². The van der Waals surface area contributed by atoms with Gasteiger partial charge in [0, 0.05) is 19.4 Å². The molecular weight excluding hydrogens is 164 g/mol. The number of aryl methyl sites for hydroxylation is 2. The lowest BCUT2D eigenvalue weighted by molar-refractivity contribution is 0.772. The molecule has 0 aliphatic rings. The molecule has 0 saturated heterocycles. The van der Waals surface area contributed by atoms with Crippen LogP contribution < -0.4 is 0 Å². The van der Waals surface area contributed by atoms with Crippen LogP contribution in [0.5, 0.6) is 0 Å². The van der Waals surface area contributed by atoms with Crippen molar-refractivity contribution >= 4 is 0 Å². The molecule has 0 fully saturated rings. The van der Waals surface area contributed by atoms with Crippen LogP contribution in [0, 0.1) is 6.92 Å². The largest absolute Gasteiger partial charge is 0.266 e. The highest BCUT2D eigenvalue weighted by Gasteiger charge is 2.03. The van der Waals surface area contributed by atoms with Crippen LogP contribution in [0.1, 0.15) is 5.69 Å². The van der Waals surface area contributed by atoms with Gasteiger partial charge in [-0.2, -0.15) is 5.10 Å². The zero-order chi connectivity index (χ0) is 9.26. The van der Waals surface area contributed by atoms with Crippen molar-refractivity contribution in [2.75, 3.05) is 0 Å². The van der Waals surface area contributed by atoms with Crippen LogP contribution in [0.25, 0.3) is 11.4 Å². The molecule has 66 valence electrons. The molecule has 0 amide bonds. The Bertz CT molecular complexity index is 419. The van der Waals surface area contributed by atoms with Gasteiger partial charge < -0.3 is 0 Å². The van der Waals surface area contributed by atoms with Gasteiger partial charge in [0.25, 0.3) is 0 Å². The highest BCUT2D eigenvalue weighted by Crippen LogP contribution is 2.13. The first-order valence-corrected chi connectivity index (χ1v) is 4.04. The molecule has 2 aromatic heterocycles. The summed E-state index contributed by atoms with van der Waals surface area (Å²) in [6, 6.07) is 1.92. The maximum Gasteiger partial charge on any atom is 0.107 e.